The Morgan fingerprint density at radius 1 is 1.47 bits per heavy atom. The maximum Gasteiger partial charge on any atom is 0.232 e. The zero-order valence-corrected chi connectivity index (χ0v) is 9.50. The highest BCUT2D eigenvalue weighted by Gasteiger charge is 2.33. The van der Waals surface area contributed by atoms with Gasteiger partial charge in [-0.2, -0.15) is 0 Å². The van der Waals surface area contributed by atoms with Crippen molar-refractivity contribution >= 4 is 11.6 Å². The first kappa shape index (κ1) is 10.2. The summed E-state index contributed by atoms with van der Waals surface area (Å²) >= 11 is 0. The number of hydrogen-bond donors (Lipinski definition) is 1. The van der Waals surface area contributed by atoms with Crippen LogP contribution in [0.3, 0.4) is 0 Å². The van der Waals surface area contributed by atoms with E-state index in [-0.39, 0.29) is 11.8 Å². The quantitative estimate of drug-likeness (QED) is 0.786. The fourth-order valence-electron chi connectivity index (χ4n) is 2.21. The molecular weight excluding hydrogens is 186 g/mol. The summed E-state index contributed by atoms with van der Waals surface area (Å²) in [5.74, 6) is 0.614. The summed E-state index contributed by atoms with van der Waals surface area (Å²) in [6.07, 6.45) is 1.03. The van der Waals surface area contributed by atoms with Crippen LogP contribution in [0.25, 0.3) is 0 Å². The van der Waals surface area contributed by atoms with Crippen LogP contribution >= 0.6 is 0 Å². The third-order valence-electron chi connectivity index (χ3n) is 3.30. The zero-order valence-electron chi connectivity index (χ0n) is 9.50. The number of benzene rings is 1. The van der Waals surface area contributed by atoms with Gasteiger partial charge in [0.05, 0.1) is 5.92 Å². The molecule has 1 N–H and O–H groups in total. The zero-order chi connectivity index (χ0) is 11.0. The average Bonchev–Trinajstić information content (AvgIpc) is 2.52. The van der Waals surface area contributed by atoms with Gasteiger partial charge in [0.1, 0.15) is 0 Å². The fraction of sp³-hybridized carbons (Fsp3) is 0.462. The van der Waals surface area contributed by atoms with E-state index in [0.29, 0.717) is 5.92 Å². The Kier molecular flexibility index (Phi) is 2.51. The summed E-state index contributed by atoms with van der Waals surface area (Å²) in [6, 6.07) is 6.17. The number of amides is 1. The van der Waals surface area contributed by atoms with Gasteiger partial charge >= 0.3 is 0 Å². The summed E-state index contributed by atoms with van der Waals surface area (Å²) < 4.78 is 0. The van der Waals surface area contributed by atoms with Gasteiger partial charge in [0.15, 0.2) is 0 Å². The number of anilines is 1. The predicted octanol–water partition coefficient (Wildman–Crippen LogP) is 3.08. The van der Waals surface area contributed by atoms with Crippen LogP contribution in [-0.4, -0.2) is 5.91 Å². The molecule has 0 radical (unpaired) electrons. The van der Waals surface area contributed by atoms with Gasteiger partial charge in [-0.3, -0.25) is 4.79 Å². The monoisotopic (exact) mass is 203 g/mol. The molecule has 1 aliphatic heterocycles. The standard InChI is InChI=1S/C13H17NO/c1-4-9(3)12-10-7-8(2)5-6-11(10)14-13(12)15/h5-7,9,12H,4H2,1-3H3,(H,14,15). The van der Waals surface area contributed by atoms with Crippen LogP contribution in [0, 0.1) is 12.8 Å². The summed E-state index contributed by atoms with van der Waals surface area (Å²) in [5.41, 5.74) is 3.39. The molecule has 0 spiro atoms. The van der Waals surface area contributed by atoms with E-state index >= 15 is 0 Å². The Balaban J connectivity index is 2.43. The Labute approximate surface area is 90.7 Å². The smallest absolute Gasteiger partial charge is 0.232 e. The van der Waals surface area contributed by atoms with Crippen LogP contribution in [0.5, 0.6) is 0 Å². The van der Waals surface area contributed by atoms with Crippen molar-refractivity contribution in [1.82, 2.24) is 0 Å². The van der Waals surface area contributed by atoms with Crippen LogP contribution in [0.1, 0.15) is 37.3 Å². The van der Waals surface area contributed by atoms with E-state index in [4.69, 9.17) is 0 Å². The van der Waals surface area contributed by atoms with Crippen molar-refractivity contribution in [1.29, 1.82) is 0 Å². The molecule has 0 aliphatic carbocycles. The fourth-order valence-corrected chi connectivity index (χ4v) is 2.21. The molecule has 80 valence electrons. The number of aryl methyl sites for hydroxylation is 1. The minimum absolute atomic E-state index is 0.0462. The molecule has 1 heterocycles. The molecule has 0 saturated carbocycles. The Morgan fingerprint density at radius 2 is 2.20 bits per heavy atom. The first-order valence-corrected chi connectivity index (χ1v) is 5.55. The average molecular weight is 203 g/mol. The van der Waals surface area contributed by atoms with Gasteiger partial charge in [-0.05, 0) is 24.5 Å². The number of carbonyl (C=O) groups is 1. The van der Waals surface area contributed by atoms with E-state index in [1.54, 1.807) is 0 Å². The van der Waals surface area contributed by atoms with Crippen LogP contribution in [0.4, 0.5) is 5.69 Å². The van der Waals surface area contributed by atoms with Crippen molar-refractivity contribution in [2.24, 2.45) is 5.92 Å². The summed E-state index contributed by atoms with van der Waals surface area (Å²) in [5, 5.41) is 2.95. The Morgan fingerprint density at radius 3 is 2.87 bits per heavy atom. The largest absolute Gasteiger partial charge is 0.325 e. The molecule has 2 atom stereocenters. The van der Waals surface area contributed by atoms with E-state index in [1.165, 1.54) is 11.1 Å². The van der Waals surface area contributed by atoms with Crippen LogP contribution in [0.15, 0.2) is 18.2 Å². The highest BCUT2D eigenvalue weighted by molar-refractivity contribution is 6.03. The number of rotatable bonds is 2. The molecule has 1 aromatic rings. The first-order valence-electron chi connectivity index (χ1n) is 5.55. The lowest BCUT2D eigenvalue weighted by Gasteiger charge is -2.15. The lowest BCUT2D eigenvalue weighted by Crippen LogP contribution is -2.18. The molecule has 2 unspecified atom stereocenters. The van der Waals surface area contributed by atoms with Gasteiger partial charge < -0.3 is 5.32 Å². The predicted molar refractivity (Wildman–Crippen MR) is 62.0 cm³/mol. The van der Waals surface area contributed by atoms with Crippen molar-refractivity contribution in [3.8, 4) is 0 Å². The summed E-state index contributed by atoms with van der Waals surface area (Å²) in [6.45, 7) is 6.34. The second kappa shape index (κ2) is 3.69. The third-order valence-corrected chi connectivity index (χ3v) is 3.30. The van der Waals surface area contributed by atoms with Crippen LogP contribution in [0.2, 0.25) is 0 Å². The third kappa shape index (κ3) is 1.65. The van der Waals surface area contributed by atoms with E-state index in [9.17, 15) is 4.79 Å². The first-order chi connectivity index (χ1) is 7.13. The highest BCUT2D eigenvalue weighted by Crippen LogP contribution is 2.38. The van der Waals surface area contributed by atoms with Crippen molar-refractivity contribution in [3.05, 3.63) is 29.3 Å². The minimum Gasteiger partial charge on any atom is -0.325 e. The second-order valence-corrected chi connectivity index (χ2v) is 4.44. The van der Waals surface area contributed by atoms with Gasteiger partial charge in [0, 0.05) is 5.69 Å². The molecule has 0 fully saturated rings. The van der Waals surface area contributed by atoms with E-state index in [0.717, 1.165) is 12.1 Å². The lowest BCUT2D eigenvalue weighted by atomic mass is 9.86. The normalized spacial score (nSPS) is 21.0. The molecule has 15 heavy (non-hydrogen) atoms. The molecule has 1 aromatic carbocycles. The van der Waals surface area contributed by atoms with E-state index in [1.807, 2.05) is 12.1 Å². The molecule has 0 saturated heterocycles. The molecular formula is C13H17NO. The molecule has 2 nitrogen and oxygen atoms in total. The molecule has 1 amide bonds. The summed E-state index contributed by atoms with van der Waals surface area (Å²) in [7, 11) is 0. The van der Waals surface area contributed by atoms with Gasteiger partial charge in [-0.25, -0.2) is 0 Å². The SMILES string of the molecule is CCC(C)C1C(=O)Nc2ccc(C)cc21. The number of carbonyl (C=O) groups excluding carboxylic acids is 1. The number of nitrogens with one attached hydrogen (secondary N) is 1. The minimum atomic E-state index is 0.0462. The van der Waals surface area contributed by atoms with Crippen LogP contribution in [-0.2, 0) is 4.79 Å². The topological polar surface area (TPSA) is 29.1 Å². The lowest BCUT2D eigenvalue weighted by molar-refractivity contribution is -0.118. The van der Waals surface area contributed by atoms with Crippen LogP contribution < -0.4 is 5.32 Å². The van der Waals surface area contributed by atoms with Crippen molar-refractivity contribution in [2.75, 3.05) is 5.32 Å². The Bertz CT molecular complexity index is 398. The van der Waals surface area contributed by atoms with E-state index in [2.05, 4.69) is 32.2 Å². The molecule has 0 bridgehead atoms. The molecule has 1 aliphatic rings. The van der Waals surface area contributed by atoms with Gasteiger partial charge in [0.2, 0.25) is 5.91 Å². The van der Waals surface area contributed by atoms with Gasteiger partial charge in [-0.15, -0.1) is 0 Å². The van der Waals surface area contributed by atoms with E-state index < -0.39 is 0 Å². The molecule has 2 rings (SSSR count). The van der Waals surface area contributed by atoms with Gasteiger partial charge in [-0.1, -0.05) is 38.0 Å². The Hall–Kier alpha value is -1.31. The van der Waals surface area contributed by atoms with Crippen molar-refractivity contribution < 1.29 is 4.79 Å². The summed E-state index contributed by atoms with van der Waals surface area (Å²) in [4.78, 5) is 11.8. The molecule has 0 aromatic heterocycles. The maximum absolute atomic E-state index is 11.8. The van der Waals surface area contributed by atoms with Crippen molar-refractivity contribution in [3.63, 3.8) is 0 Å². The van der Waals surface area contributed by atoms with Gasteiger partial charge in [0.25, 0.3) is 0 Å². The highest BCUT2D eigenvalue weighted by atomic mass is 16.2. The number of hydrogen-bond acceptors (Lipinski definition) is 1. The second-order valence-electron chi connectivity index (χ2n) is 4.44. The maximum atomic E-state index is 11.8. The van der Waals surface area contributed by atoms with Crippen molar-refractivity contribution in [2.45, 2.75) is 33.1 Å². The molecule has 2 heteroatoms. The number of fused-ring (bicyclic) bond motifs is 1.